The van der Waals surface area contributed by atoms with E-state index in [0.29, 0.717) is 49.6 Å². The lowest BCUT2D eigenvalue weighted by molar-refractivity contribution is -0.117. The Hall–Kier alpha value is -4.98. The fourth-order valence-electron chi connectivity index (χ4n) is 5.70. The van der Waals surface area contributed by atoms with Crippen molar-refractivity contribution >= 4 is 33.2 Å². The molecular formula is C35H34F2N6O4S. The average molecular weight is 673 g/mol. The van der Waals surface area contributed by atoms with Gasteiger partial charge in [-0.05, 0) is 49.7 Å². The van der Waals surface area contributed by atoms with Crippen LogP contribution in [0.15, 0.2) is 66.6 Å². The summed E-state index contributed by atoms with van der Waals surface area (Å²) in [7, 11) is 3.50. The number of H-pyrrole nitrogens is 1. The lowest BCUT2D eigenvalue weighted by Gasteiger charge is -2.36. The molecule has 6 rings (SSSR count). The zero-order chi connectivity index (χ0) is 33.9. The number of benzene rings is 2. The van der Waals surface area contributed by atoms with Gasteiger partial charge in [0.1, 0.15) is 35.4 Å². The fraction of sp³-hybridized carbons (Fsp3) is 0.257. The van der Waals surface area contributed by atoms with Crippen LogP contribution in [0.5, 0.6) is 5.75 Å². The molecule has 2 amide bonds. The van der Waals surface area contributed by atoms with Crippen LogP contribution in [0.2, 0.25) is 0 Å². The number of methoxy groups -OCH3 is 1. The largest absolute Gasteiger partial charge is 0.490 e. The van der Waals surface area contributed by atoms with Gasteiger partial charge in [-0.2, -0.15) is 5.10 Å². The molecule has 0 radical (unpaired) electrons. The predicted octanol–water partition coefficient (Wildman–Crippen LogP) is 5.73. The quantitative estimate of drug-likeness (QED) is 0.114. The summed E-state index contributed by atoms with van der Waals surface area (Å²) < 4.78 is 42.2. The molecule has 1 aliphatic rings. The van der Waals surface area contributed by atoms with Crippen molar-refractivity contribution in [3.8, 4) is 39.5 Å². The number of nitrogens with one attached hydrogen (secondary N) is 3. The van der Waals surface area contributed by atoms with Gasteiger partial charge < -0.3 is 25.0 Å². The molecule has 0 spiro atoms. The first-order chi connectivity index (χ1) is 23.2. The minimum Gasteiger partial charge on any atom is -0.490 e. The van der Waals surface area contributed by atoms with Gasteiger partial charge in [0.15, 0.2) is 0 Å². The van der Waals surface area contributed by atoms with Crippen LogP contribution >= 0.6 is 11.3 Å². The van der Waals surface area contributed by atoms with E-state index < -0.39 is 17.7 Å². The van der Waals surface area contributed by atoms with Crippen molar-refractivity contribution in [1.82, 2.24) is 30.7 Å². The molecule has 0 aliphatic carbocycles. The number of carbonyl (C=O) groups is 2. The number of thiophene rings is 1. The van der Waals surface area contributed by atoms with E-state index in [2.05, 4.69) is 32.3 Å². The van der Waals surface area contributed by atoms with Crippen LogP contribution in [0.4, 0.5) is 8.78 Å². The lowest BCUT2D eigenvalue weighted by Crippen LogP contribution is -2.57. The average Bonchev–Trinajstić information content (AvgIpc) is 3.75. The van der Waals surface area contributed by atoms with Crippen LogP contribution in [0, 0.1) is 11.6 Å². The molecule has 1 fully saturated rings. The Kier molecular flexibility index (Phi) is 9.62. The second-order valence-electron chi connectivity index (χ2n) is 11.6. The standard InChI is InChI=1S/C35H34F2N6O4S/c1-5-29(44)38-19(2)26-16-27(42-41-26)33-31(30-25(37)14-22(36)15-28(30)47-11-10-46-4)34-24(9-12-48-34)32(40-33)20-7-6-8-21(13-20)35(45)39-23-17-43(3)18-23/h5-9,12-16,19,23H,1,10-11,17-18H2,2-4H3,(H,38,44)(H,39,45)(H,41,42). The Morgan fingerprint density at radius 3 is 2.71 bits per heavy atom. The molecule has 1 aliphatic heterocycles. The van der Waals surface area contributed by atoms with E-state index in [-0.39, 0.29) is 42.4 Å². The molecular weight excluding hydrogens is 638 g/mol. The maximum atomic E-state index is 16.0. The summed E-state index contributed by atoms with van der Waals surface area (Å²) in [4.78, 5) is 32.4. The number of amides is 2. The zero-order valence-electron chi connectivity index (χ0n) is 26.6. The van der Waals surface area contributed by atoms with E-state index in [0.717, 1.165) is 25.2 Å². The van der Waals surface area contributed by atoms with Gasteiger partial charge in [0.25, 0.3) is 5.91 Å². The van der Waals surface area contributed by atoms with Crippen LogP contribution in [-0.2, 0) is 9.53 Å². The highest BCUT2D eigenvalue weighted by Crippen LogP contribution is 2.47. The SMILES string of the molecule is C=CC(=O)NC(C)c1cc(-c2nc(-c3cccc(C(=O)NC4CN(C)C4)c3)c3ccsc3c2-c2c(F)cc(F)cc2OCCOC)n[nH]1. The number of carbonyl (C=O) groups excluding carboxylic acids is 2. The summed E-state index contributed by atoms with van der Waals surface area (Å²) in [6.07, 6.45) is 1.17. The molecule has 3 N–H and O–H groups in total. The molecule has 248 valence electrons. The van der Waals surface area contributed by atoms with Gasteiger partial charge in [0.05, 0.1) is 35.6 Å². The number of likely N-dealkylation sites (tertiary alicyclic amines) is 1. The maximum absolute atomic E-state index is 16.0. The Morgan fingerprint density at radius 2 is 1.96 bits per heavy atom. The van der Waals surface area contributed by atoms with Crippen molar-refractivity contribution in [1.29, 1.82) is 0 Å². The highest BCUT2D eigenvalue weighted by atomic mass is 32.1. The minimum absolute atomic E-state index is 0.0160. The third-order valence-electron chi connectivity index (χ3n) is 8.07. The molecule has 4 heterocycles. The zero-order valence-corrected chi connectivity index (χ0v) is 27.4. The molecule has 10 nitrogen and oxygen atoms in total. The number of halogens is 2. The molecule has 1 saturated heterocycles. The van der Waals surface area contributed by atoms with Crippen LogP contribution < -0.4 is 15.4 Å². The van der Waals surface area contributed by atoms with Gasteiger partial charge >= 0.3 is 0 Å². The third-order valence-corrected chi connectivity index (χ3v) is 9.00. The summed E-state index contributed by atoms with van der Waals surface area (Å²) in [5.41, 5.74) is 3.28. The van der Waals surface area contributed by atoms with Gasteiger partial charge in [-0.15, -0.1) is 11.3 Å². The number of pyridine rings is 1. The Morgan fingerprint density at radius 1 is 1.15 bits per heavy atom. The lowest BCUT2D eigenvalue weighted by atomic mass is 9.96. The van der Waals surface area contributed by atoms with Crippen LogP contribution in [-0.4, -0.2) is 78.4 Å². The normalized spacial score (nSPS) is 14.0. The first-order valence-electron chi connectivity index (χ1n) is 15.3. The third kappa shape index (κ3) is 6.70. The first-order valence-corrected chi connectivity index (χ1v) is 16.2. The summed E-state index contributed by atoms with van der Waals surface area (Å²) in [6.45, 7) is 7.11. The maximum Gasteiger partial charge on any atom is 0.251 e. The Bertz CT molecular complexity index is 2000. The van der Waals surface area contributed by atoms with E-state index in [9.17, 15) is 14.0 Å². The molecule has 48 heavy (non-hydrogen) atoms. The first kappa shape index (κ1) is 32.9. The van der Waals surface area contributed by atoms with Gasteiger partial charge in [0, 0.05) is 59.1 Å². The van der Waals surface area contributed by atoms with E-state index in [1.54, 1.807) is 31.2 Å². The van der Waals surface area contributed by atoms with Crippen molar-refractivity contribution in [2.75, 3.05) is 40.5 Å². The molecule has 2 aromatic carbocycles. The van der Waals surface area contributed by atoms with E-state index >= 15 is 4.39 Å². The topological polar surface area (TPSA) is 121 Å². The van der Waals surface area contributed by atoms with Gasteiger partial charge in [-0.3, -0.25) is 14.7 Å². The van der Waals surface area contributed by atoms with Crippen molar-refractivity contribution in [3.63, 3.8) is 0 Å². The predicted molar refractivity (Wildman–Crippen MR) is 181 cm³/mol. The second-order valence-corrected chi connectivity index (χ2v) is 12.5. The Balaban J connectivity index is 1.53. The number of aromatic amines is 1. The smallest absolute Gasteiger partial charge is 0.251 e. The van der Waals surface area contributed by atoms with Crippen LogP contribution in [0.3, 0.4) is 0 Å². The highest BCUT2D eigenvalue weighted by Gasteiger charge is 2.28. The molecule has 1 unspecified atom stereocenters. The highest BCUT2D eigenvalue weighted by molar-refractivity contribution is 7.18. The number of hydrogen-bond donors (Lipinski definition) is 3. The summed E-state index contributed by atoms with van der Waals surface area (Å²) in [6, 6.07) is 12.3. The van der Waals surface area contributed by atoms with Gasteiger partial charge in [-0.1, -0.05) is 18.7 Å². The molecule has 5 aromatic rings. The molecule has 1 atom stereocenters. The number of aromatic nitrogens is 3. The molecule has 0 saturated carbocycles. The number of nitrogens with zero attached hydrogens (tertiary/aromatic N) is 3. The molecule has 13 heteroatoms. The second kappa shape index (κ2) is 14.0. The summed E-state index contributed by atoms with van der Waals surface area (Å²) in [5, 5.41) is 15.9. The number of hydrogen-bond acceptors (Lipinski definition) is 8. The van der Waals surface area contributed by atoms with Crippen molar-refractivity contribution in [2.45, 2.75) is 19.0 Å². The summed E-state index contributed by atoms with van der Waals surface area (Å²) >= 11 is 1.36. The Labute approximate surface area is 279 Å². The van der Waals surface area contributed by atoms with Crippen molar-refractivity contribution in [2.24, 2.45) is 0 Å². The van der Waals surface area contributed by atoms with Crippen LogP contribution in [0.1, 0.15) is 29.0 Å². The number of likely N-dealkylation sites (N-methyl/N-ethyl adjacent to an activating group) is 1. The summed E-state index contributed by atoms with van der Waals surface area (Å²) in [5.74, 6) is -2.20. The van der Waals surface area contributed by atoms with Crippen molar-refractivity contribution in [3.05, 3.63) is 89.5 Å². The fourth-order valence-corrected chi connectivity index (χ4v) is 6.65. The van der Waals surface area contributed by atoms with Crippen molar-refractivity contribution < 1.29 is 27.8 Å². The van der Waals surface area contributed by atoms with Crippen LogP contribution in [0.25, 0.3) is 43.9 Å². The number of rotatable bonds is 12. The van der Waals surface area contributed by atoms with E-state index in [1.807, 2.05) is 24.6 Å². The van der Waals surface area contributed by atoms with E-state index in [1.165, 1.54) is 24.5 Å². The van der Waals surface area contributed by atoms with E-state index in [4.69, 9.17) is 14.5 Å². The minimum atomic E-state index is -0.837. The van der Waals surface area contributed by atoms with Gasteiger partial charge in [0.2, 0.25) is 5.91 Å². The molecule has 3 aromatic heterocycles. The van der Waals surface area contributed by atoms with Gasteiger partial charge in [-0.25, -0.2) is 13.8 Å². The monoisotopic (exact) mass is 672 g/mol. The number of fused-ring (bicyclic) bond motifs is 1. The number of ether oxygens (including phenoxy) is 2. The molecule has 0 bridgehead atoms.